The Morgan fingerprint density at radius 1 is 1.09 bits per heavy atom. The quantitative estimate of drug-likeness (QED) is 0.453. The van der Waals surface area contributed by atoms with Crippen LogP contribution in [0.2, 0.25) is 0 Å². The van der Waals surface area contributed by atoms with E-state index in [0.717, 1.165) is 5.56 Å². The molecule has 3 aromatic rings. The van der Waals surface area contributed by atoms with Crippen LogP contribution in [0.25, 0.3) is 11.0 Å². The van der Waals surface area contributed by atoms with Crippen molar-refractivity contribution in [2.75, 3.05) is 0 Å². The number of benzene rings is 2. The Kier molecular flexibility index (Phi) is 5.16. The van der Waals surface area contributed by atoms with Crippen molar-refractivity contribution in [3.05, 3.63) is 76.1 Å². The summed E-state index contributed by atoms with van der Waals surface area (Å²) in [6.07, 6.45) is 0. The Labute approximate surface area is 138 Å². The van der Waals surface area contributed by atoms with Crippen LogP contribution in [0.1, 0.15) is 15.9 Å². The highest BCUT2D eigenvalue weighted by Crippen LogP contribution is 2.17. The fraction of sp³-hybridized carbons (Fsp3) is 0.0588. The second-order valence-electron chi connectivity index (χ2n) is 4.73. The van der Waals surface area contributed by atoms with E-state index in [-0.39, 0.29) is 18.0 Å². The van der Waals surface area contributed by atoms with Gasteiger partial charge in [-0.2, -0.15) is 0 Å². The maximum absolute atomic E-state index is 12.1. The summed E-state index contributed by atoms with van der Waals surface area (Å²) in [5.74, 6) is -0.386. The Bertz CT molecular complexity index is 890. The molecule has 118 valence electrons. The molecule has 1 aromatic heterocycles. The Morgan fingerprint density at radius 3 is 2.52 bits per heavy atom. The van der Waals surface area contributed by atoms with Gasteiger partial charge in [0, 0.05) is 11.9 Å². The van der Waals surface area contributed by atoms with Crippen LogP contribution < -0.4 is 16.1 Å². The number of fused-ring (bicyclic) bond motifs is 1. The van der Waals surface area contributed by atoms with Gasteiger partial charge in [-0.25, -0.2) is 9.59 Å². The van der Waals surface area contributed by atoms with Gasteiger partial charge in [0.1, 0.15) is 16.9 Å². The van der Waals surface area contributed by atoms with Crippen molar-refractivity contribution < 1.29 is 13.9 Å². The van der Waals surface area contributed by atoms with Gasteiger partial charge in [0.05, 0.1) is 0 Å². The van der Waals surface area contributed by atoms with Gasteiger partial charge in [0.25, 0.3) is 0 Å². The summed E-state index contributed by atoms with van der Waals surface area (Å²) in [5.41, 5.74) is 5.99. The molecule has 0 aliphatic heterocycles. The first-order valence-electron chi connectivity index (χ1n) is 6.71. The number of esters is 1. The molecule has 23 heavy (non-hydrogen) atoms. The first-order valence-corrected chi connectivity index (χ1v) is 6.71. The molecule has 5 nitrogen and oxygen atoms in total. The summed E-state index contributed by atoms with van der Waals surface area (Å²) < 4.78 is 10.3. The maximum atomic E-state index is 12.1. The smallest absolute Gasteiger partial charge is 0.351 e. The standard InChI is InChI=1S/C17H13NO4.ClH/c18-10-11-6-7-15-12(8-11)9-14(17(20)22-15)16(19)21-13-4-2-1-3-5-13;/h1-9H,10,18H2;1H. The minimum Gasteiger partial charge on any atom is -0.423 e. The van der Waals surface area contributed by atoms with Crippen LogP contribution in [-0.4, -0.2) is 5.97 Å². The maximum Gasteiger partial charge on any atom is 0.351 e. The van der Waals surface area contributed by atoms with Crippen LogP contribution in [0, 0.1) is 0 Å². The van der Waals surface area contributed by atoms with Crippen molar-refractivity contribution in [2.45, 2.75) is 6.54 Å². The molecule has 0 unspecified atom stereocenters. The summed E-state index contributed by atoms with van der Waals surface area (Å²) in [4.78, 5) is 24.1. The normalized spacial score (nSPS) is 10.1. The van der Waals surface area contributed by atoms with Crippen molar-refractivity contribution in [1.82, 2.24) is 0 Å². The first-order chi connectivity index (χ1) is 10.7. The van der Waals surface area contributed by atoms with Gasteiger partial charge in [-0.15, -0.1) is 12.4 Å². The highest BCUT2D eigenvalue weighted by atomic mass is 35.5. The SMILES string of the molecule is Cl.NCc1ccc2oc(=O)c(C(=O)Oc3ccccc3)cc2c1. The molecule has 0 saturated heterocycles. The lowest BCUT2D eigenvalue weighted by Gasteiger charge is -2.05. The number of nitrogens with two attached hydrogens (primary N) is 1. The molecule has 0 aliphatic carbocycles. The van der Waals surface area contributed by atoms with E-state index < -0.39 is 11.6 Å². The van der Waals surface area contributed by atoms with Crippen molar-refractivity contribution in [3.8, 4) is 5.75 Å². The predicted octanol–water partition coefficient (Wildman–Crippen LogP) is 2.89. The van der Waals surface area contributed by atoms with Crippen molar-refractivity contribution in [3.63, 3.8) is 0 Å². The molecular weight excluding hydrogens is 318 g/mol. The summed E-state index contributed by atoms with van der Waals surface area (Å²) >= 11 is 0. The second-order valence-corrected chi connectivity index (χ2v) is 4.73. The fourth-order valence-corrected chi connectivity index (χ4v) is 2.09. The Balaban J connectivity index is 0.00000192. The molecule has 3 rings (SSSR count). The lowest BCUT2D eigenvalue weighted by molar-refractivity contribution is 0.0730. The minimum absolute atomic E-state index is 0. The van der Waals surface area contributed by atoms with Crippen molar-refractivity contribution in [1.29, 1.82) is 0 Å². The molecule has 0 aliphatic rings. The van der Waals surface area contributed by atoms with Crippen LogP contribution in [0.15, 0.2) is 63.8 Å². The van der Waals surface area contributed by atoms with Crippen LogP contribution in [-0.2, 0) is 6.54 Å². The van der Waals surface area contributed by atoms with Gasteiger partial charge in [-0.1, -0.05) is 24.3 Å². The number of carbonyl (C=O) groups is 1. The molecule has 0 bridgehead atoms. The molecule has 1 heterocycles. The van der Waals surface area contributed by atoms with Crippen LogP contribution in [0.3, 0.4) is 0 Å². The molecule has 0 fully saturated rings. The van der Waals surface area contributed by atoms with Crippen molar-refractivity contribution >= 4 is 29.3 Å². The number of hydrogen-bond donors (Lipinski definition) is 1. The van der Waals surface area contributed by atoms with E-state index >= 15 is 0 Å². The Hall–Kier alpha value is -2.63. The van der Waals surface area contributed by atoms with Crippen molar-refractivity contribution in [2.24, 2.45) is 5.73 Å². The van der Waals surface area contributed by atoms with E-state index in [2.05, 4.69) is 0 Å². The van der Waals surface area contributed by atoms with Gasteiger partial charge in [0.2, 0.25) is 0 Å². The molecule has 0 saturated carbocycles. The monoisotopic (exact) mass is 331 g/mol. The van der Waals surface area contributed by atoms with Crippen LogP contribution in [0.4, 0.5) is 0 Å². The number of para-hydroxylation sites is 1. The van der Waals surface area contributed by atoms with Gasteiger partial charge in [0.15, 0.2) is 0 Å². The molecule has 2 aromatic carbocycles. The average Bonchev–Trinajstić information content (AvgIpc) is 2.54. The number of hydrogen-bond acceptors (Lipinski definition) is 5. The van der Waals surface area contributed by atoms with E-state index in [9.17, 15) is 9.59 Å². The van der Waals surface area contributed by atoms with E-state index in [1.807, 2.05) is 0 Å². The number of rotatable bonds is 3. The number of carbonyl (C=O) groups excluding carboxylic acids is 1. The zero-order chi connectivity index (χ0) is 15.5. The minimum atomic E-state index is -0.750. The predicted molar refractivity (Wildman–Crippen MR) is 89.0 cm³/mol. The zero-order valence-corrected chi connectivity index (χ0v) is 12.8. The van der Waals surface area contributed by atoms with E-state index in [4.69, 9.17) is 14.9 Å². The van der Waals surface area contributed by atoms with E-state index in [0.29, 0.717) is 23.3 Å². The highest BCUT2D eigenvalue weighted by Gasteiger charge is 2.16. The molecule has 6 heteroatoms. The van der Waals surface area contributed by atoms with Crippen LogP contribution in [0.5, 0.6) is 5.75 Å². The van der Waals surface area contributed by atoms with Crippen LogP contribution >= 0.6 is 12.4 Å². The topological polar surface area (TPSA) is 82.5 Å². The summed E-state index contributed by atoms with van der Waals surface area (Å²) in [7, 11) is 0. The lowest BCUT2D eigenvalue weighted by atomic mass is 10.1. The largest absolute Gasteiger partial charge is 0.423 e. The number of halogens is 1. The fourth-order valence-electron chi connectivity index (χ4n) is 2.09. The van der Waals surface area contributed by atoms with Gasteiger partial charge >= 0.3 is 11.6 Å². The summed E-state index contributed by atoms with van der Waals surface area (Å²) in [6, 6.07) is 15.2. The summed E-state index contributed by atoms with van der Waals surface area (Å²) in [6.45, 7) is 0.360. The van der Waals surface area contributed by atoms with Gasteiger partial charge < -0.3 is 14.9 Å². The van der Waals surface area contributed by atoms with Gasteiger partial charge in [-0.3, -0.25) is 0 Å². The molecule has 0 atom stereocenters. The third-order valence-electron chi connectivity index (χ3n) is 3.21. The molecular formula is C17H14ClNO4. The third kappa shape index (κ3) is 3.59. The third-order valence-corrected chi connectivity index (χ3v) is 3.21. The highest BCUT2D eigenvalue weighted by molar-refractivity contribution is 5.94. The molecule has 0 spiro atoms. The van der Waals surface area contributed by atoms with E-state index in [1.165, 1.54) is 6.07 Å². The zero-order valence-electron chi connectivity index (χ0n) is 12.0. The Morgan fingerprint density at radius 2 is 1.83 bits per heavy atom. The average molecular weight is 332 g/mol. The molecule has 0 radical (unpaired) electrons. The molecule has 2 N–H and O–H groups in total. The lowest BCUT2D eigenvalue weighted by Crippen LogP contribution is -2.18. The molecule has 0 amide bonds. The summed E-state index contributed by atoms with van der Waals surface area (Å²) in [5, 5.41) is 0.627. The first kappa shape index (κ1) is 16.7. The van der Waals surface area contributed by atoms with Gasteiger partial charge in [-0.05, 0) is 35.9 Å². The van der Waals surface area contributed by atoms with E-state index in [1.54, 1.807) is 48.5 Å². The second kappa shape index (κ2) is 7.09. The number of ether oxygens (including phenoxy) is 1.